The second-order valence-corrected chi connectivity index (χ2v) is 8.45. The first kappa shape index (κ1) is 18.4. The maximum absolute atomic E-state index is 13.1. The van der Waals surface area contributed by atoms with Crippen LogP contribution in [0.3, 0.4) is 0 Å². The van der Waals surface area contributed by atoms with Gasteiger partial charge in [0.15, 0.2) is 15.6 Å². The van der Waals surface area contributed by atoms with Crippen LogP contribution in [0.2, 0.25) is 0 Å². The molecule has 1 aromatic rings. The number of Topliss-reactive ketones (excluding diaryl/α,β-unsaturated/α-hetero) is 1. The van der Waals surface area contributed by atoms with E-state index in [-0.39, 0.29) is 10.7 Å². The SMILES string of the molecule is CCc1ccc(C(=O)C2C(S(C)(=O)=O)=CC3=C(C(=O)OC)CCN32)cc1. The van der Waals surface area contributed by atoms with E-state index in [2.05, 4.69) is 0 Å². The Morgan fingerprint density at radius 3 is 2.42 bits per heavy atom. The van der Waals surface area contributed by atoms with Crippen LogP contribution in [0, 0.1) is 0 Å². The molecule has 0 bridgehead atoms. The number of methoxy groups -OCH3 is 1. The molecule has 1 atom stereocenters. The Kier molecular flexibility index (Phi) is 4.75. The van der Waals surface area contributed by atoms with Gasteiger partial charge in [0.05, 0.1) is 17.6 Å². The van der Waals surface area contributed by atoms with Gasteiger partial charge < -0.3 is 9.64 Å². The van der Waals surface area contributed by atoms with E-state index in [0.717, 1.165) is 18.2 Å². The molecule has 2 aliphatic rings. The molecular formula is C19H21NO5S. The van der Waals surface area contributed by atoms with Crippen LogP contribution in [-0.2, 0) is 25.8 Å². The summed E-state index contributed by atoms with van der Waals surface area (Å²) in [7, 11) is -2.32. The summed E-state index contributed by atoms with van der Waals surface area (Å²) in [6.07, 6.45) is 3.80. The van der Waals surface area contributed by atoms with E-state index in [1.165, 1.54) is 13.2 Å². The van der Waals surface area contributed by atoms with Crippen LogP contribution in [0.4, 0.5) is 0 Å². The zero-order valence-corrected chi connectivity index (χ0v) is 15.8. The van der Waals surface area contributed by atoms with Gasteiger partial charge in [-0.3, -0.25) is 4.79 Å². The maximum Gasteiger partial charge on any atom is 0.335 e. The fraction of sp³-hybridized carbons (Fsp3) is 0.368. The van der Waals surface area contributed by atoms with Crippen molar-refractivity contribution in [3.63, 3.8) is 0 Å². The van der Waals surface area contributed by atoms with Gasteiger partial charge in [0.1, 0.15) is 6.04 Å². The topological polar surface area (TPSA) is 80.8 Å². The minimum absolute atomic E-state index is 0.0261. The van der Waals surface area contributed by atoms with Crippen LogP contribution in [0.1, 0.15) is 29.3 Å². The van der Waals surface area contributed by atoms with E-state index in [4.69, 9.17) is 4.74 Å². The number of hydrogen-bond acceptors (Lipinski definition) is 6. The number of fused-ring (bicyclic) bond motifs is 1. The van der Waals surface area contributed by atoms with Crippen molar-refractivity contribution in [1.82, 2.24) is 4.90 Å². The predicted molar refractivity (Wildman–Crippen MR) is 97.2 cm³/mol. The molecule has 1 aromatic carbocycles. The molecule has 3 rings (SSSR count). The molecule has 0 N–H and O–H groups in total. The minimum Gasteiger partial charge on any atom is -0.466 e. The van der Waals surface area contributed by atoms with Crippen molar-refractivity contribution in [1.29, 1.82) is 0 Å². The Morgan fingerprint density at radius 2 is 1.88 bits per heavy atom. The van der Waals surface area contributed by atoms with Crippen molar-refractivity contribution in [3.8, 4) is 0 Å². The molecule has 2 aliphatic heterocycles. The molecule has 1 unspecified atom stereocenters. The normalized spacial score (nSPS) is 19.4. The number of hydrogen-bond donors (Lipinski definition) is 0. The second kappa shape index (κ2) is 6.72. The van der Waals surface area contributed by atoms with E-state index in [0.29, 0.717) is 29.8 Å². The summed E-state index contributed by atoms with van der Waals surface area (Å²) >= 11 is 0. The molecule has 7 heteroatoms. The third-order valence-electron chi connectivity index (χ3n) is 4.84. The quantitative estimate of drug-likeness (QED) is 0.577. The van der Waals surface area contributed by atoms with Gasteiger partial charge in [0.25, 0.3) is 0 Å². The van der Waals surface area contributed by atoms with Crippen molar-refractivity contribution >= 4 is 21.6 Å². The number of carbonyl (C=O) groups is 2. The van der Waals surface area contributed by atoms with E-state index < -0.39 is 21.8 Å². The fourth-order valence-corrected chi connectivity index (χ4v) is 4.40. The van der Waals surface area contributed by atoms with Crippen LogP contribution in [0.15, 0.2) is 46.5 Å². The summed E-state index contributed by atoms with van der Waals surface area (Å²) in [5.41, 5.74) is 2.43. The number of benzene rings is 1. The van der Waals surface area contributed by atoms with E-state index in [1.54, 1.807) is 17.0 Å². The lowest BCUT2D eigenvalue weighted by Crippen LogP contribution is -2.38. The van der Waals surface area contributed by atoms with Crippen LogP contribution >= 0.6 is 0 Å². The van der Waals surface area contributed by atoms with Gasteiger partial charge in [-0.1, -0.05) is 31.2 Å². The molecule has 0 aliphatic carbocycles. The van der Waals surface area contributed by atoms with Gasteiger partial charge in [0, 0.05) is 24.1 Å². The van der Waals surface area contributed by atoms with Crippen LogP contribution in [0.25, 0.3) is 0 Å². The molecule has 26 heavy (non-hydrogen) atoms. The molecular weight excluding hydrogens is 354 g/mol. The summed E-state index contributed by atoms with van der Waals surface area (Å²) in [5.74, 6) is -0.780. The van der Waals surface area contributed by atoms with Crippen molar-refractivity contribution in [2.24, 2.45) is 0 Å². The number of aryl methyl sites for hydroxylation is 1. The zero-order valence-electron chi connectivity index (χ0n) is 15.0. The Hall–Kier alpha value is -2.41. The van der Waals surface area contributed by atoms with Crippen LogP contribution < -0.4 is 0 Å². The largest absolute Gasteiger partial charge is 0.466 e. The average Bonchev–Trinajstić information content (AvgIpc) is 3.19. The average molecular weight is 375 g/mol. The Balaban J connectivity index is 2.05. The van der Waals surface area contributed by atoms with Crippen molar-refractivity contribution in [2.75, 3.05) is 19.9 Å². The summed E-state index contributed by atoms with van der Waals surface area (Å²) < 4.78 is 29.3. The molecule has 0 spiro atoms. The number of nitrogens with zero attached hydrogens (tertiary/aromatic N) is 1. The first-order valence-electron chi connectivity index (χ1n) is 8.40. The third kappa shape index (κ3) is 3.07. The first-order valence-corrected chi connectivity index (χ1v) is 10.3. The summed E-state index contributed by atoms with van der Waals surface area (Å²) in [4.78, 5) is 26.8. The molecule has 2 heterocycles. The van der Waals surface area contributed by atoms with E-state index >= 15 is 0 Å². The number of esters is 1. The predicted octanol–water partition coefficient (Wildman–Crippen LogP) is 1.88. The summed E-state index contributed by atoms with van der Waals surface area (Å²) in [6.45, 7) is 2.42. The van der Waals surface area contributed by atoms with Crippen molar-refractivity contribution in [3.05, 3.63) is 57.6 Å². The fourth-order valence-electron chi connectivity index (χ4n) is 3.43. The highest BCUT2D eigenvalue weighted by Crippen LogP contribution is 2.39. The van der Waals surface area contributed by atoms with Gasteiger partial charge in [0.2, 0.25) is 0 Å². The molecule has 6 nitrogen and oxygen atoms in total. The maximum atomic E-state index is 13.1. The second-order valence-electron chi connectivity index (χ2n) is 6.43. The smallest absolute Gasteiger partial charge is 0.335 e. The van der Waals surface area contributed by atoms with Crippen LogP contribution in [-0.4, -0.2) is 51.0 Å². The van der Waals surface area contributed by atoms with Crippen molar-refractivity contribution in [2.45, 2.75) is 25.8 Å². The number of ether oxygens (including phenoxy) is 1. The number of ketones is 1. The molecule has 0 saturated carbocycles. The monoisotopic (exact) mass is 375 g/mol. The van der Waals surface area contributed by atoms with Gasteiger partial charge in [-0.15, -0.1) is 0 Å². The molecule has 0 saturated heterocycles. The van der Waals surface area contributed by atoms with Gasteiger partial charge >= 0.3 is 5.97 Å². The molecule has 0 amide bonds. The highest BCUT2D eigenvalue weighted by atomic mass is 32.2. The van der Waals surface area contributed by atoms with Gasteiger partial charge in [-0.2, -0.15) is 0 Å². The lowest BCUT2D eigenvalue weighted by molar-refractivity contribution is -0.136. The number of rotatable bonds is 5. The molecule has 138 valence electrons. The summed E-state index contributed by atoms with van der Waals surface area (Å²) in [6, 6.07) is 6.24. The Morgan fingerprint density at radius 1 is 1.23 bits per heavy atom. The molecule has 0 aromatic heterocycles. The minimum atomic E-state index is -3.60. The Bertz CT molecular complexity index is 925. The van der Waals surface area contributed by atoms with Gasteiger partial charge in [-0.25, -0.2) is 13.2 Å². The lowest BCUT2D eigenvalue weighted by atomic mass is 10.0. The number of allylic oxidation sites excluding steroid dienone is 1. The summed E-state index contributed by atoms with van der Waals surface area (Å²) in [5, 5.41) is 0. The van der Waals surface area contributed by atoms with Crippen molar-refractivity contribution < 1.29 is 22.7 Å². The van der Waals surface area contributed by atoms with Gasteiger partial charge in [-0.05, 0) is 24.5 Å². The lowest BCUT2D eigenvalue weighted by Gasteiger charge is -2.25. The molecule has 0 fully saturated rings. The molecule has 0 radical (unpaired) electrons. The zero-order chi connectivity index (χ0) is 19.1. The highest BCUT2D eigenvalue weighted by Gasteiger charge is 2.44. The van der Waals surface area contributed by atoms with E-state index in [1.807, 2.05) is 19.1 Å². The first-order chi connectivity index (χ1) is 12.3. The number of carbonyl (C=O) groups excluding carboxylic acids is 2. The number of sulfone groups is 1. The third-order valence-corrected chi connectivity index (χ3v) is 6.03. The standard InChI is InChI=1S/C19H21NO5S/c1-4-12-5-7-13(8-6-12)18(21)17-16(26(3,23)24)11-15-14(19(22)25-2)9-10-20(15)17/h5-8,11,17H,4,9-10H2,1-3H3. The van der Waals surface area contributed by atoms with E-state index in [9.17, 15) is 18.0 Å². The highest BCUT2D eigenvalue weighted by molar-refractivity contribution is 7.94. The Labute approximate surface area is 153 Å². The van der Waals surface area contributed by atoms with Crippen LogP contribution in [0.5, 0.6) is 0 Å².